The number of rotatable bonds is 6. The Morgan fingerprint density at radius 1 is 1.32 bits per heavy atom. The van der Waals surface area contributed by atoms with Crippen LogP contribution < -0.4 is 10.6 Å². The Morgan fingerprint density at radius 3 is 2.56 bits per heavy atom. The van der Waals surface area contributed by atoms with Gasteiger partial charge in [0.15, 0.2) is 0 Å². The molecule has 0 aliphatic heterocycles. The van der Waals surface area contributed by atoms with Crippen LogP contribution in [-0.2, 0) is 4.74 Å². The zero-order valence-corrected chi connectivity index (χ0v) is 17.8. The molecule has 25 heavy (non-hydrogen) atoms. The molecule has 0 saturated heterocycles. The summed E-state index contributed by atoms with van der Waals surface area (Å²) >= 11 is 2.94. The Morgan fingerprint density at radius 2 is 2.00 bits per heavy atom. The number of hydrogen-bond donors (Lipinski definition) is 2. The van der Waals surface area contributed by atoms with E-state index in [1.54, 1.807) is 0 Å². The van der Waals surface area contributed by atoms with Gasteiger partial charge in [0.25, 0.3) is 0 Å². The van der Waals surface area contributed by atoms with Gasteiger partial charge in [-0.2, -0.15) is 0 Å². The van der Waals surface area contributed by atoms with Crippen LogP contribution in [0.1, 0.15) is 46.6 Å². The Bertz CT molecular complexity index is 595. The summed E-state index contributed by atoms with van der Waals surface area (Å²) in [6.07, 6.45) is 0.433. The predicted molar refractivity (Wildman–Crippen MR) is 105 cm³/mol. The summed E-state index contributed by atoms with van der Waals surface area (Å²) in [5.41, 5.74) is 1.66. The van der Waals surface area contributed by atoms with Crippen molar-refractivity contribution in [2.75, 3.05) is 11.9 Å². The molecule has 2 N–H and O–H groups in total. The maximum absolute atomic E-state index is 12.0. The van der Waals surface area contributed by atoms with E-state index in [0.717, 1.165) is 12.1 Å². The SMILES string of the molecule is Cc1cccc(NC([Se])=NCC(CC(C)C)NC(=O)OC(C)(C)C)c1. The molecule has 1 atom stereocenters. The average Bonchev–Trinajstić information content (AvgIpc) is 2.42. The van der Waals surface area contributed by atoms with E-state index in [-0.39, 0.29) is 6.04 Å². The molecule has 139 valence electrons. The Balaban J connectivity index is 2.65. The third kappa shape index (κ3) is 10.1. The number of nitrogens with zero attached hydrogens (tertiary/aromatic N) is 1. The number of carbonyl (C=O) groups is 1. The van der Waals surface area contributed by atoms with E-state index in [1.807, 2.05) is 45.9 Å². The van der Waals surface area contributed by atoms with Crippen molar-refractivity contribution in [2.24, 2.45) is 10.9 Å². The van der Waals surface area contributed by atoms with E-state index in [1.165, 1.54) is 5.56 Å². The van der Waals surface area contributed by atoms with Gasteiger partial charge in [0.2, 0.25) is 0 Å². The molecule has 1 amide bonds. The third-order valence-electron chi connectivity index (χ3n) is 3.20. The molecular formula is C19H30N3O2Se. The van der Waals surface area contributed by atoms with E-state index >= 15 is 0 Å². The van der Waals surface area contributed by atoms with Crippen LogP contribution in [-0.4, -0.2) is 45.0 Å². The summed E-state index contributed by atoms with van der Waals surface area (Å²) in [4.78, 5) is 16.6. The van der Waals surface area contributed by atoms with Crippen LogP contribution in [0.3, 0.4) is 0 Å². The molecule has 1 radical (unpaired) electrons. The van der Waals surface area contributed by atoms with E-state index in [0.29, 0.717) is 17.2 Å². The minimum absolute atomic E-state index is 0.0718. The second-order valence-electron chi connectivity index (χ2n) is 7.61. The van der Waals surface area contributed by atoms with Crippen LogP contribution in [0.15, 0.2) is 29.3 Å². The molecule has 0 aromatic heterocycles. The molecule has 1 aromatic carbocycles. The van der Waals surface area contributed by atoms with Crippen molar-refractivity contribution < 1.29 is 9.53 Å². The summed E-state index contributed by atoms with van der Waals surface area (Å²) in [5.74, 6) is 0.448. The number of ether oxygens (including phenoxy) is 1. The maximum atomic E-state index is 12.0. The zero-order chi connectivity index (χ0) is 19.0. The first-order valence-electron chi connectivity index (χ1n) is 8.60. The van der Waals surface area contributed by atoms with Crippen molar-refractivity contribution in [2.45, 2.75) is 59.6 Å². The summed E-state index contributed by atoms with van der Waals surface area (Å²) < 4.78 is 6.04. The molecule has 1 rings (SSSR count). The number of benzene rings is 1. The van der Waals surface area contributed by atoms with Gasteiger partial charge in [0.1, 0.15) is 0 Å². The van der Waals surface area contributed by atoms with Gasteiger partial charge in [0.05, 0.1) is 0 Å². The first kappa shape index (κ1) is 21.5. The monoisotopic (exact) mass is 412 g/mol. The normalized spacial score (nSPS) is 13.5. The number of aryl methyl sites for hydroxylation is 1. The number of anilines is 1. The van der Waals surface area contributed by atoms with Crippen LogP contribution in [0.4, 0.5) is 10.5 Å². The van der Waals surface area contributed by atoms with Crippen molar-refractivity contribution >= 4 is 32.5 Å². The number of amides is 1. The summed E-state index contributed by atoms with van der Waals surface area (Å²) in [6, 6.07) is 8.01. The van der Waals surface area contributed by atoms with Gasteiger partial charge >= 0.3 is 160 Å². The summed E-state index contributed by atoms with van der Waals surface area (Å²) in [7, 11) is 0. The molecular weight excluding hydrogens is 381 g/mol. The Labute approximate surface area is 159 Å². The van der Waals surface area contributed by atoms with Crippen molar-refractivity contribution in [3.8, 4) is 0 Å². The van der Waals surface area contributed by atoms with Crippen LogP contribution in [0.2, 0.25) is 0 Å². The van der Waals surface area contributed by atoms with Gasteiger partial charge in [-0.25, -0.2) is 0 Å². The van der Waals surface area contributed by atoms with E-state index in [9.17, 15) is 4.79 Å². The van der Waals surface area contributed by atoms with E-state index in [4.69, 9.17) is 4.74 Å². The Kier molecular flexibility index (Phi) is 8.46. The zero-order valence-electron chi connectivity index (χ0n) is 16.1. The summed E-state index contributed by atoms with van der Waals surface area (Å²) in [5, 5.41) is 6.16. The first-order valence-corrected chi connectivity index (χ1v) is 9.45. The minimum atomic E-state index is -0.508. The van der Waals surface area contributed by atoms with Crippen LogP contribution >= 0.6 is 0 Å². The first-order chi connectivity index (χ1) is 11.5. The van der Waals surface area contributed by atoms with Gasteiger partial charge < -0.3 is 0 Å². The molecule has 1 aromatic rings. The Hall–Kier alpha value is -1.52. The molecule has 0 heterocycles. The van der Waals surface area contributed by atoms with Crippen LogP contribution in [0.5, 0.6) is 0 Å². The number of hydrogen-bond acceptors (Lipinski definition) is 3. The van der Waals surface area contributed by atoms with E-state index < -0.39 is 11.7 Å². The predicted octanol–water partition coefficient (Wildman–Crippen LogP) is 3.87. The molecule has 0 aliphatic rings. The average molecular weight is 411 g/mol. The van der Waals surface area contributed by atoms with Crippen molar-refractivity contribution in [3.63, 3.8) is 0 Å². The standard InChI is InChI=1S/C19H30N3O2Se/c1-13(2)10-16(22-18(23)24-19(4,5)6)12-20-17(25)21-15-9-7-8-14(3)11-15/h7-9,11,13,16H,10,12H2,1-6H3,(H,20,21)(H,22,23). The number of nitrogens with one attached hydrogen (secondary N) is 2. The number of amidine groups is 1. The van der Waals surface area contributed by atoms with Crippen molar-refractivity contribution in [1.82, 2.24) is 5.32 Å². The molecule has 1 unspecified atom stereocenters. The molecule has 0 spiro atoms. The molecule has 0 bridgehead atoms. The van der Waals surface area contributed by atoms with Crippen LogP contribution in [0, 0.1) is 12.8 Å². The number of carbonyl (C=O) groups excluding carboxylic acids is 1. The molecule has 0 aliphatic carbocycles. The number of aliphatic imine (C=N–C) groups is 1. The fourth-order valence-electron chi connectivity index (χ4n) is 2.30. The fraction of sp³-hybridized carbons (Fsp3) is 0.579. The second kappa shape index (κ2) is 9.83. The molecule has 0 fully saturated rings. The molecule has 0 saturated carbocycles. The van der Waals surface area contributed by atoms with Crippen molar-refractivity contribution in [1.29, 1.82) is 0 Å². The molecule has 6 heteroatoms. The van der Waals surface area contributed by atoms with Gasteiger partial charge in [-0.3, -0.25) is 0 Å². The van der Waals surface area contributed by atoms with Gasteiger partial charge in [0, 0.05) is 0 Å². The quantitative estimate of drug-likeness (QED) is 0.424. The fourth-order valence-corrected chi connectivity index (χ4v) is 2.70. The van der Waals surface area contributed by atoms with Gasteiger partial charge in [-0.05, 0) is 0 Å². The van der Waals surface area contributed by atoms with Crippen molar-refractivity contribution in [3.05, 3.63) is 29.8 Å². The summed E-state index contributed by atoms with van der Waals surface area (Å²) in [6.45, 7) is 12.3. The second-order valence-corrected chi connectivity index (χ2v) is 8.42. The van der Waals surface area contributed by atoms with Crippen LogP contribution in [0.25, 0.3) is 0 Å². The van der Waals surface area contributed by atoms with E-state index in [2.05, 4.69) is 51.6 Å². The van der Waals surface area contributed by atoms with Gasteiger partial charge in [-0.15, -0.1) is 0 Å². The third-order valence-corrected chi connectivity index (χ3v) is 3.69. The van der Waals surface area contributed by atoms with Gasteiger partial charge in [-0.1, -0.05) is 0 Å². The topological polar surface area (TPSA) is 62.7 Å². The number of alkyl carbamates (subject to hydrolysis) is 1. The molecule has 5 nitrogen and oxygen atoms in total.